The number of anilines is 1. The first-order valence-corrected chi connectivity index (χ1v) is 9.52. The summed E-state index contributed by atoms with van der Waals surface area (Å²) in [7, 11) is 0. The second-order valence-corrected chi connectivity index (χ2v) is 7.23. The molecule has 0 unspecified atom stereocenters. The molecule has 0 spiro atoms. The molecule has 2 aromatic heterocycles. The van der Waals surface area contributed by atoms with Crippen LogP contribution in [-0.4, -0.2) is 16.0 Å². The molecule has 4 aromatic rings. The van der Waals surface area contributed by atoms with Crippen molar-refractivity contribution in [1.29, 1.82) is 0 Å². The monoisotopic (exact) mass is 413 g/mol. The Hall–Kier alpha value is -3.03. The van der Waals surface area contributed by atoms with Crippen molar-refractivity contribution in [3.63, 3.8) is 0 Å². The van der Waals surface area contributed by atoms with Gasteiger partial charge < -0.3 is 9.84 Å². The maximum Gasteiger partial charge on any atom is 0.261 e. The first-order chi connectivity index (χ1) is 13.5. The van der Waals surface area contributed by atoms with E-state index >= 15 is 0 Å². The van der Waals surface area contributed by atoms with Crippen LogP contribution in [0.1, 0.15) is 16.1 Å². The third-order valence-corrected chi connectivity index (χ3v) is 5.25. The van der Waals surface area contributed by atoms with Gasteiger partial charge in [-0.1, -0.05) is 22.8 Å². The molecule has 0 bridgehead atoms. The lowest BCUT2D eigenvalue weighted by Gasteiger charge is -2.08. The Bertz CT molecular complexity index is 1120. The van der Waals surface area contributed by atoms with Crippen LogP contribution in [0.15, 0.2) is 58.6 Å². The number of benzene rings is 2. The van der Waals surface area contributed by atoms with Crippen molar-refractivity contribution in [2.45, 2.75) is 6.92 Å². The number of aromatic nitrogens is 2. The van der Waals surface area contributed by atoms with Gasteiger partial charge in [0.05, 0.1) is 10.6 Å². The van der Waals surface area contributed by atoms with E-state index in [2.05, 4.69) is 15.5 Å². The average molecular weight is 414 g/mol. The van der Waals surface area contributed by atoms with Crippen LogP contribution in [0, 0.1) is 12.7 Å². The Morgan fingerprint density at radius 2 is 2.00 bits per heavy atom. The number of halogens is 2. The Balaban J connectivity index is 1.64. The van der Waals surface area contributed by atoms with Crippen molar-refractivity contribution in [3.8, 4) is 21.8 Å². The minimum atomic E-state index is -0.581. The van der Waals surface area contributed by atoms with E-state index in [4.69, 9.17) is 16.1 Å². The van der Waals surface area contributed by atoms with Crippen molar-refractivity contribution in [1.82, 2.24) is 10.1 Å². The van der Waals surface area contributed by atoms with Gasteiger partial charge in [0.15, 0.2) is 0 Å². The highest BCUT2D eigenvalue weighted by molar-refractivity contribution is 7.13. The van der Waals surface area contributed by atoms with E-state index < -0.39 is 11.7 Å². The predicted molar refractivity (Wildman–Crippen MR) is 107 cm³/mol. The van der Waals surface area contributed by atoms with Gasteiger partial charge in [-0.15, -0.1) is 11.3 Å². The molecule has 0 fully saturated rings. The number of rotatable bonds is 4. The van der Waals surface area contributed by atoms with Gasteiger partial charge in [-0.05, 0) is 43.3 Å². The van der Waals surface area contributed by atoms with Gasteiger partial charge in [0, 0.05) is 22.8 Å². The van der Waals surface area contributed by atoms with E-state index in [1.165, 1.54) is 29.5 Å². The van der Waals surface area contributed by atoms with Crippen molar-refractivity contribution in [2.24, 2.45) is 0 Å². The van der Waals surface area contributed by atoms with Crippen LogP contribution < -0.4 is 5.32 Å². The topological polar surface area (TPSA) is 68.0 Å². The molecule has 0 aliphatic carbocycles. The fourth-order valence-corrected chi connectivity index (χ4v) is 3.69. The molecule has 0 aliphatic heterocycles. The molecular weight excluding hydrogens is 401 g/mol. The maximum atomic E-state index is 14.3. The van der Waals surface area contributed by atoms with Crippen molar-refractivity contribution >= 4 is 34.5 Å². The number of nitrogens with one attached hydrogen (secondary N) is 1. The highest BCUT2D eigenvalue weighted by Gasteiger charge is 2.25. The zero-order valence-corrected chi connectivity index (χ0v) is 16.1. The summed E-state index contributed by atoms with van der Waals surface area (Å²) in [4.78, 5) is 17.1. The molecule has 140 valence electrons. The van der Waals surface area contributed by atoms with Crippen molar-refractivity contribution in [3.05, 3.63) is 76.2 Å². The summed E-state index contributed by atoms with van der Waals surface area (Å²) >= 11 is 7.65. The Morgan fingerprint density at radius 3 is 2.68 bits per heavy atom. The van der Waals surface area contributed by atoms with Gasteiger partial charge in [-0.2, -0.15) is 0 Å². The first-order valence-electron chi connectivity index (χ1n) is 8.26. The molecule has 2 aromatic carbocycles. The van der Waals surface area contributed by atoms with Crippen LogP contribution in [0.25, 0.3) is 21.8 Å². The predicted octanol–water partition coefficient (Wildman–Crippen LogP) is 5.82. The van der Waals surface area contributed by atoms with Crippen LogP contribution in [0.2, 0.25) is 5.02 Å². The lowest BCUT2D eigenvalue weighted by atomic mass is 10.0. The summed E-state index contributed by atoms with van der Waals surface area (Å²) < 4.78 is 19.4. The summed E-state index contributed by atoms with van der Waals surface area (Å²) in [5.74, 6) is -0.774. The van der Waals surface area contributed by atoms with Gasteiger partial charge in [-0.25, -0.2) is 9.37 Å². The minimum Gasteiger partial charge on any atom is -0.360 e. The fourth-order valence-electron chi connectivity index (χ4n) is 2.79. The molecule has 8 heteroatoms. The van der Waals surface area contributed by atoms with E-state index in [9.17, 15) is 9.18 Å². The van der Waals surface area contributed by atoms with Crippen LogP contribution in [0.3, 0.4) is 0 Å². The van der Waals surface area contributed by atoms with Gasteiger partial charge >= 0.3 is 0 Å². The zero-order chi connectivity index (χ0) is 19.7. The van der Waals surface area contributed by atoms with E-state index in [1.54, 1.807) is 25.3 Å². The fraction of sp³-hybridized carbons (Fsp3) is 0.0500. The third-order valence-electron chi connectivity index (χ3n) is 4.11. The molecule has 1 N–H and O–H groups in total. The summed E-state index contributed by atoms with van der Waals surface area (Å²) in [5, 5.41) is 9.58. The Labute approximate surface area is 168 Å². The second kappa shape index (κ2) is 7.53. The number of hydrogen-bond acceptors (Lipinski definition) is 5. The number of amides is 1. The van der Waals surface area contributed by atoms with Gasteiger partial charge in [-0.3, -0.25) is 4.79 Å². The molecule has 0 atom stereocenters. The normalized spacial score (nSPS) is 10.8. The number of nitrogens with zero attached hydrogens (tertiary/aromatic N) is 2. The van der Waals surface area contributed by atoms with Crippen LogP contribution in [0.5, 0.6) is 0 Å². The molecule has 0 aliphatic rings. The highest BCUT2D eigenvalue weighted by Crippen LogP contribution is 2.34. The van der Waals surface area contributed by atoms with Gasteiger partial charge in [0.1, 0.15) is 27.8 Å². The Morgan fingerprint density at radius 1 is 1.21 bits per heavy atom. The lowest BCUT2D eigenvalue weighted by Crippen LogP contribution is -2.13. The quantitative estimate of drug-likeness (QED) is 0.457. The van der Waals surface area contributed by atoms with Gasteiger partial charge in [0.25, 0.3) is 5.91 Å². The van der Waals surface area contributed by atoms with E-state index in [0.29, 0.717) is 5.69 Å². The molecule has 5 nitrogen and oxygen atoms in total. The summed E-state index contributed by atoms with van der Waals surface area (Å²) in [6, 6.07) is 11.5. The van der Waals surface area contributed by atoms with E-state index in [0.717, 1.165) is 10.6 Å². The number of carbonyl (C=O) groups excluding carboxylic acids is 1. The molecule has 0 radical (unpaired) electrons. The zero-order valence-electron chi connectivity index (χ0n) is 14.6. The van der Waals surface area contributed by atoms with Gasteiger partial charge in [0.2, 0.25) is 0 Å². The molecule has 1 amide bonds. The summed E-state index contributed by atoms with van der Waals surface area (Å²) in [5.41, 5.74) is 1.77. The standard InChI is InChI=1S/C20H13ClFN3O2S/c1-11-16(18(25-27-11)17-14(21)3-2-4-15(17)22)19(26)24-13-7-5-12(6-8-13)20-23-9-10-28-20/h2-10H,1H3,(H,24,26). The van der Waals surface area contributed by atoms with E-state index in [1.807, 2.05) is 17.5 Å². The van der Waals surface area contributed by atoms with Crippen LogP contribution >= 0.6 is 22.9 Å². The maximum absolute atomic E-state index is 14.3. The average Bonchev–Trinajstić information content (AvgIpc) is 3.33. The first kappa shape index (κ1) is 18.3. The summed E-state index contributed by atoms with van der Waals surface area (Å²) in [6.45, 7) is 1.59. The smallest absolute Gasteiger partial charge is 0.261 e. The minimum absolute atomic E-state index is 0.0327. The third kappa shape index (κ3) is 3.42. The van der Waals surface area contributed by atoms with Crippen LogP contribution in [0.4, 0.5) is 10.1 Å². The number of thiazole rings is 1. The largest absolute Gasteiger partial charge is 0.360 e. The Kier molecular flexibility index (Phi) is 4.93. The number of hydrogen-bond donors (Lipinski definition) is 1. The van der Waals surface area contributed by atoms with Crippen LogP contribution in [-0.2, 0) is 0 Å². The second-order valence-electron chi connectivity index (χ2n) is 5.93. The highest BCUT2D eigenvalue weighted by atomic mass is 35.5. The molecule has 2 heterocycles. The number of carbonyl (C=O) groups is 1. The molecular formula is C20H13ClFN3O2S. The van der Waals surface area contributed by atoms with Crippen molar-refractivity contribution < 1.29 is 13.7 Å². The van der Waals surface area contributed by atoms with E-state index in [-0.39, 0.29) is 27.6 Å². The SMILES string of the molecule is Cc1onc(-c2c(F)cccc2Cl)c1C(=O)Nc1ccc(-c2nccs2)cc1. The van der Waals surface area contributed by atoms with Crippen molar-refractivity contribution in [2.75, 3.05) is 5.32 Å². The molecule has 4 rings (SSSR count). The number of aryl methyl sites for hydroxylation is 1. The molecule has 0 saturated heterocycles. The summed E-state index contributed by atoms with van der Waals surface area (Å²) in [6.07, 6.45) is 1.74. The molecule has 28 heavy (non-hydrogen) atoms. The lowest BCUT2D eigenvalue weighted by molar-refractivity contribution is 0.102. The molecule has 0 saturated carbocycles.